The van der Waals surface area contributed by atoms with Crippen molar-refractivity contribution in [2.24, 2.45) is 0 Å². The molecule has 0 atom stereocenters. The summed E-state index contributed by atoms with van der Waals surface area (Å²) >= 11 is 4.24. The number of alkyl carbamates (subject to hydrolysis) is 1. The molecule has 0 saturated heterocycles. The molecule has 3 aromatic rings. The van der Waals surface area contributed by atoms with Gasteiger partial charge in [0.1, 0.15) is 0 Å². The third-order valence-electron chi connectivity index (χ3n) is 2.68. The molecule has 3 aromatic carbocycles. The van der Waals surface area contributed by atoms with Crippen molar-refractivity contribution in [2.75, 3.05) is 21.3 Å². The number of esters is 1. The minimum atomic E-state index is -0.407. The quantitative estimate of drug-likeness (QED) is 0.183. The van der Waals surface area contributed by atoms with Crippen molar-refractivity contribution >= 4 is 49.3 Å². The number of carbonyl (C=O) groups is 2. The summed E-state index contributed by atoms with van der Waals surface area (Å²) in [6.45, 7) is 17.4. The lowest BCUT2D eigenvalue weighted by molar-refractivity contribution is -0.137. The van der Waals surface area contributed by atoms with Crippen molar-refractivity contribution in [3.8, 4) is 0 Å². The highest BCUT2D eigenvalue weighted by atomic mass is 128. The lowest BCUT2D eigenvalue weighted by atomic mass is 10.4. The van der Waals surface area contributed by atoms with E-state index in [0.29, 0.717) is 0 Å². The maximum atomic E-state index is 9.85. The molecule has 0 saturated carbocycles. The molecule has 0 radical (unpaired) electrons. The van der Waals surface area contributed by atoms with Gasteiger partial charge in [-0.15, -0.1) is 0 Å². The highest BCUT2D eigenvalue weighted by Crippen LogP contribution is 1.89. The molecule has 39 heavy (non-hydrogen) atoms. The van der Waals surface area contributed by atoms with Gasteiger partial charge in [-0.05, 0) is 0 Å². The molecule has 7 heteroatoms. The number of nitrogens with one attached hydrogen (secondary N) is 1. The first kappa shape index (κ1) is 53.2. The van der Waals surface area contributed by atoms with E-state index in [1.54, 1.807) is 0 Å². The van der Waals surface area contributed by atoms with E-state index in [4.69, 9.17) is 0 Å². The first-order valence-corrected chi connectivity index (χ1v) is 19.3. The van der Waals surface area contributed by atoms with Gasteiger partial charge in [-0.3, -0.25) is 4.79 Å². The number of ether oxygens (including phenoxy) is 2. The fourth-order valence-corrected chi connectivity index (χ4v) is 1.26. The van der Waals surface area contributed by atoms with E-state index >= 15 is 0 Å². The zero-order valence-electron chi connectivity index (χ0n) is 26.3. The summed E-state index contributed by atoms with van der Waals surface area (Å²) in [7, 11) is 4.17. The lowest BCUT2D eigenvalue weighted by Crippen LogP contribution is -2.16. The predicted octanol–water partition coefficient (Wildman–Crippen LogP) is 11.1. The van der Waals surface area contributed by atoms with E-state index in [2.05, 4.69) is 52.0 Å². The Morgan fingerprint density at radius 3 is 0.615 bits per heavy atom. The minimum absolute atomic E-state index is 0.245. The summed E-state index contributed by atoms with van der Waals surface area (Å²) in [6, 6.07) is 36.0. The van der Waals surface area contributed by atoms with Crippen LogP contribution in [0.1, 0.15) is 62.3 Å². The van der Waals surface area contributed by atoms with Gasteiger partial charge in [-0.1, -0.05) is 165 Å². The maximum absolute atomic E-state index is 9.85. The number of rotatable bonds is 0. The van der Waals surface area contributed by atoms with Crippen LogP contribution in [-0.2, 0) is 14.3 Å². The molecule has 0 aliphatic carbocycles. The SMILES string of the molecule is CC.CC.CC.CC.CNC(=O)OC.COC(C)=O.II.c1ccccc1.c1ccccc1.c1ccccc1. The summed E-state index contributed by atoms with van der Waals surface area (Å²) in [4.78, 5) is 19.4. The Labute approximate surface area is 264 Å². The first-order valence-electron chi connectivity index (χ1n) is 13.0. The molecular formula is C32H55I2NO4. The molecule has 1 amide bonds. The highest BCUT2D eigenvalue weighted by Gasteiger charge is 1.85. The molecule has 0 unspecified atom stereocenters. The van der Waals surface area contributed by atoms with Crippen LogP contribution in [0.3, 0.4) is 0 Å². The summed E-state index contributed by atoms with van der Waals surface area (Å²) in [5.74, 6) is -0.245. The first-order chi connectivity index (χ1) is 19.1. The van der Waals surface area contributed by atoms with Crippen LogP contribution in [0.15, 0.2) is 109 Å². The van der Waals surface area contributed by atoms with Gasteiger partial charge in [0, 0.05) is 51.2 Å². The van der Waals surface area contributed by atoms with Crippen molar-refractivity contribution < 1.29 is 19.1 Å². The number of hydrogen-bond donors (Lipinski definition) is 1. The van der Waals surface area contributed by atoms with Gasteiger partial charge in [0.25, 0.3) is 0 Å². The largest absolute Gasteiger partial charge is 0.469 e. The van der Waals surface area contributed by atoms with E-state index in [-0.39, 0.29) is 5.97 Å². The Morgan fingerprint density at radius 1 is 0.462 bits per heavy atom. The van der Waals surface area contributed by atoms with Gasteiger partial charge in [-0.25, -0.2) is 4.79 Å². The zero-order chi connectivity index (χ0) is 32.0. The van der Waals surface area contributed by atoms with Crippen LogP contribution in [0.4, 0.5) is 4.79 Å². The summed E-state index contributed by atoms with van der Waals surface area (Å²) < 4.78 is 8.26. The molecule has 0 bridgehead atoms. The third kappa shape index (κ3) is 86.0. The summed E-state index contributed by atoms with van der Waals surface area (Å²) in [5, 5.41) is 2.25. The fourth-order valence-electron chi connectivity index (χ4n) is 1.26. The van der Waals surface area contributed by atoms with Crippen molar-refractivity contribution in [3.63, 3.8) is 0 Å². The Hall–Kier alpha value is -2.14. The standard InChI is InChI=1S/3C6H6.C3H7NO2.C3H6O2.4C2H6.I2/c3*1-2-4-6-5-3-1;1-4-3(5)6-2;1-3(4)5-2;5*1-2/h3*1-6H;1-2H3,(H,4,5);1-2H3;4*1-2H3;. The average Bonchev–Trinajstić information content (AvgIpc) is 3.09. The van der Waals surface area contributed by atoms with E-state index in [9.17, 15) is 9.59 Å². The van der Waals surface area contributed by atoms with E-state index in [1.165, 1.54) is 28.2 Å². The van der Waals surface area contributed by atoms with E-state index in [1.807, 2.05) is 165 Å². The van der Waals surface area contributed by atoms with Crippen molar-refractivity contribution in [2.45, 2.75) is 62.3 Å². The van der Waals surface area contributed by atoms with Crippen LogP contribution in [0.5, 0.6) is 0 Å². The summed E-state index contributed by atoms with van der Waals surface area (Å²) in [5.41, 5.74) is 0. The van der Waals surface area contributed by atoms with Crippen molar-refractivity contribution in [1.82, 2.24) is 5.32 Å². The second-order valence-corrected chi connectivity index (χ2v) is 4.90. The Balaban J connectivity index is -0.0000000608. The molecule has 226 valence electrons. The molecule has 0 fully saturated rings. The van der Waals surface area contributed by atoms with Crippen LogP contribution >= 0.6 is 37.2 Å². The maximum Gasteiger partial charge on any atom is 0.406 e. The van der Waals surface area contributed by atoms with E-state index in [0.717, 1.165) is 0 Å². The third-order valence-corrected chi connectivity index (χ3v) is 2.68. The van der Waals surface area contributed by atoms with Gasteiger partial charge < -0.3 is 14.8 Å². The molecule has 0 aliphatic heterocycles. The number of benzene rings is 3. The smallest absolute Gasteiger partial charge is 0.406 e. The highest BCUT2D eigenvalue weighted by molar-refractivity contribution is 15.0. The molecule has 0 heterocycles. The van der Waals surface area contributed by atoms with E-state index < -0.39 is 6.09 Å². The Morgan fingerprint density at radius 2 is 0.590 bits per heavy atom. The van der Waals surface area contributed by atoms with Crippen molar-refractivity contribution in [1.29, 1.82) is 0 Å². The molecule has 0 aromatic heterocycles. The monoisotopic (exact) mass is 771 g/mol. The van der Waals surface area contributed by atoms with Gasteiger partial charge in [0.2, 0.25) is 0 Å². The minimum Gasteiger partial charge on any atom is -0.469 e. The normalized spacial score (nSPS) is 6.41. The predicted molar refractivity (Wildman–Crippen MR) is 192 cm³/mol. The van der Waals surface area contributed by atoms with Gasteiger partial charge in [0.15, 0.2) is 0 Å². The zero-order valence-corrected chi connectivity index (χ0v) is 30.6. The number of hydrogen-bond acceptors (Lipinski definition) is 4. The fraction of sp³-hybridized carbons (Fsp3) is 0.375. The van der Waals surface area contributed by atoms with Gasteiger partial charge >= 0.3 is 12.1 Å². The molecule has 0 aliphatic rings. The van der Waals surface area contributed by atoms with Gasteiger partial charge in [-0.2, -0.15) is 0 Å². The molecule has 1 N–H and O–H groups in total. The van der Waals surface area contributed by atoms with Crippen LogP contribution in [0.25, 0.3) is 0 Å². The Bertz CT molecular complexity index is 529. The Kier molecular flexibility index (Phi) is 96.1. The van der Waals surface area contributed by atoms with Crippen LogP contribution in [0, 0.1) is 0 Å². The number of carbonyl (C=O) groups excluding carboxylic acids is 2. The van der Waals surface area contributed by atoms with Crippen molar-refractivity contribution in [3.05, 3.63) is 109 Å². The summed E-state index contributed by atoms with van der Waals surface area (Å²) in [6.07, 6.45) is -0.407. The second kappa shape index (κ2) is 70.5. The molecule has 3 rings (SSSR count). The van der Waals surface area contributed by atoms with Crippen LogP contribution in [0.2, 0.25) is 0 Å². The topological polar surface area (TPSA) is 64.6 Å². The average molecular weight is 772 g/mol. The van der Waals surface area contributed by atoms with Gasteiger partial charge in [0.05, 0.1) is 14.2 Å². The molecular weight excluding hydrogens is 716 g/mol. The molecule has 5 nitrogen and oxygen atoms in total. The lowest BCUT2D eigenvalue weighted by Gasteiger charge is -1.90. The van der Waals surface area contributed by atoms with Crippen LogP contribution < -0.4 is 5.32 Å². The second-order valence-electron chi connectivity index (χ2n) is 4.90. The number of methoxy groups -OCH3 is 2. The van der Waals surface area contributed by atoms with Crippen LogP contribution in [-0.4, -0.2) is 33.3 Å². The molecule has 0 spiro atoms. The number of amides is 1. The number of halogens is 2.